The number of nitrogens with one attached hydrogen (secondary N) is 1. The molecule has 7 rings (SSSR count). The van der Waals surface area contributed by atoms with Crippen molar-refractivity contribution in [2.45, 2.75) is 44.4 Å². The molecule has 3 aliphatic rings. The Morgan fingerprint density at radius 3 is 2.52 bits per heavy atom. The molecule has 0 radical (unpaired) electrons. The second-order valence-corrected chi connectivity index (χ2v) is 17.8. The van der Waals surface area contributed by atoms with Gasteiger partial charge in [-0.05, 0) is 44.2 Å². The van der Waals surface area contributed by atoms with E-state index in [1.54, 1.807) is 4.57 Å². The van der Waals surface area contributed by atoms with Crippen LogP contribution in [0.4, 0.5) is 10.1 Å². The van der Waals surface area contributed by atoms with Gasteiger partial charge in [-0.2, -0.15) is 0 Å². The average Bonchev–Trinajstić information content (AvgIpc) is 3.71. The Kier molecular flexibility index (Phi) is 9.00. The number of pyridine rings is 1. The van der Waals surface area contributed by atoms with Gasteiger partial charge in [0, 0.05) is 25.2 Å². The predicted molar refractivity (Wildman–Crippen MR) is 181 cm³/mol. The number of fused-ring (bicyclic) bond motifs is 2. The van der Waals surface area contributed by atoms with Crippen LogP contribution >= 0.6 is 15.3 Å². The van der Waals surface area contributed by atoms with Crippen molar-refractivity contribution >= 4 is 43.2 Å². The molecule has 4 aromatic rings. The number of methoxy groups -OCH3 is 1. The molecule has 5 N–H and O–H groups in total. The molecule has 2 aliphatic heterocycles. The number of hydrogen-bond donors (Lipinski definition) is 5. The molecule has 0 spiro atoms. The van der Waals surface area contributed by atoms with E-state index < -0.39 is 50.9 Å². The number of nitrogens with zero attached hydrogens (tertiary/aromatic N) is 2. The minimum absolute atomic E-state index is 0.0408. The molecule has 4 heterocycles. The third-order valence-corrected chi connectivity index (χ3v) is 14.2. The third kappa shape index (κ3) is 6.64. The smallest absolute Gasteiger partial charge is 0.0303 e. The summed E-state index contributed by atoms with van der Waals surface area (Å²) in [5.41, 5.74) is -0.253. The summed E-state index contributed by atoms with van der Waals surface area (Å²) in [4.78, 5) is 80.2. The summed E-state index contributed by atoms with van der Waals surface area (Å²) in [6.07, 6.45) is 5.03. The zero-order valence-electron chi connectivity index (χ0n) is 26.8. The Bertz CT molecular complexity index is 2120. The maximum atomic E-state index is 16.0. The summed E-state index contributed by atoms with van der Waals surface area (Å²) in [7, 11) is -7.79. The molecule has 3 fully saturated rings. The monoisotopic (exact) mass is 735 g/mol. The second-order valence-electron chi connectivity index (χ2n) is 13.0. The van der Waals surface area contributed by atoms with Crippen molar-refractivity contribution in [2.75, 3.05) is 37.5 Å². The number of hydrogen-bond acceptors (Lipinski definition) is 12. The Hall–Kier alpha value is -3.88. The van der Waals surface area contributed by atoms with Crippen LogP contribution in [0.15, 0.2) is 55.0 Å². The molecule has 1 aliphatic carbocycles. The van der Waals surface area contributed by atoms with E-state index in [9.17, 15) is 38.5 Å². The second kappa shape index (κ2) is 13.0. The number of halogens is 1. The Morgan fingerprint density at radius 1 is 1.12 bits per heavy atom. The topological polar surface area (TPSA) is 214 Å². The number of aromatic nitrogens is 1. The van der Waals surface area contributed by atoms with Gasteiger partial charge in [0.15, 0.2) is 11.6 Å². The van der Waals surface area contributed by atoms with Gasteiger partial charge >= 0.3 is 166 Å². The zero-order valence-corrected chi connectivity index (χ0v) is 28.7. The van der Waals surface area contributed by atoms with E-state index in [1.807, 2.05) is 4.90 Å². The summed E-state index contributed by atoms with van der Waals surface area (Å²) in [5.74, 6) is -3.72. The van der Waals surface area contributed by atoms with Crippen LogP contribution in [0.5, 0.6) is 5.75 Å². The van der Waals surface area contributed by atoms with Crippen molar-refractivity contribution < 1.29 is 51.6 Å². The molecule has 2 atom stereocenters. The van der Waals surface area contributed by atoms with Crippen molar-refractivity contribution in [3.8, 4) is 17.1 Å². The number of rotatable bonds is 10. The predicted octanol–water partition coefficient (Wildman–Crippen LogP) is 2.57. The fourth-order valence-corrected chi connectivity index (χ4v) is 10.8. The third-order valence-electron chi connectivity index (χ3n) is 9.49. The Balaban J connectivity index is 1.17. The molecule has 2 aromatic heterocycles. The number of ether oxygens (including phenoxy) is 2. The van der Waals surface area contributed by atoms with Gasteiger partial charge < -0.3 is 15.0 Å². The first-order valence-electron chi connectivity index (χ1n) is 16.1. The van der Waals surface area contributed by atoms with E-state index in [-0.39, 0.29) is 56.9 Å². The van der Waals surface area contributed by atoms with Crippen LogP contribution in [0.2, 0.25) is 0 Å². The molecule has 268 valence electrons. The van der Waals surface area contributed by atoms with Crippen LogP contribution in [0, 0.1) is 11.7 Å². The molecule has 50 heavy (non-hydrogen) atoms. The first-order chi connectivity index (χ1) is 23.7. The van der Waals surface area contributed by atoms with Crippen molar-refractivity contribution in [1.82, 2.24) is 9.88 Å². The molecular weight excluding hydrogens is 699 g/mol. The number of benzene rings is 2. The molecule has 0 bridgehead atoms. The van der Waals surface area contributed by atoms with Gasteiger partial charge in [0.2, 0.25) is 0 Å². The van der Waals surface area contributed by atoms with Crippen LogP contribution in [-0.4, -0.2) is 68.8 Å². The minimum Gasteiger partial charge on any atom is -0.0303 e. The zero-order chi connectivity index (χ0) is 35.5. The quantitative estimate of drug-likeness (QED) is 0.117. The van der Waals surface area contributed by atoms with Gasteiger partial charge in [0.25, 0.3) is 0 Å². The van der Waals surface area contributed by atoms with Gasteiger partial charge in [-0.15, -0.1) is 0 Å². The summed E-state index contributed by atoms with van der Waals surface area (Å²) < 4.78 is 50.5. The van der Waals surface area contributed by atoms with Gasteiger partial charge in [-0.3, -0.25) is 0 Å². The molecule has 2 saturated heterocycles. The number of esters is 1. The van der Waals surface area contributed by atoms with Crippen molar-refractivity contribution in [3.05, 3.63) is 74.5 Å². The standard InChI is InChI=1S/C32H36FN3O12P2/c1-45-30-26-21(11-23(33)27(30)35-12-18-3-2-10-34-24(18)14-35)28(37)22(13-36(26)19-6-7-19)31(38)46-15-25-29(48-32(39)47-25)17-4-8-20(9-5-17)49(40,41)16-50(42,43)44/h4-5,8-9,11,13,18-19,24,34,40-41,49H,2-3,6-7,10,12,14-16H2,1H3,(H2,42,43,44). The van der Waals surface area contributed by atoms with E-state index in [0.717, 1.165) is 38.3 Å². The van der Waals surface area contributed by atoms with Crippen LogP contribution in [0.3, 0.4) is 0 Å². The first kappa shape index (κ1) is 34.6. The molecular formula is C32H36FN3O12P2. The maximum absolute atomic E-state index is 16.0. The summed E-state index contributed by atoms with van der Waals surface area (Å²) in [5, 5.41) is 3.36. The van der Waals surface area contributed by atoms with Gasteiger partial charge in [0.05, 0.1) is 12.6 Å². The normalized spacial score (nSPS) is 19.8. The minimum atomic E-state index is -4.73. The number of anilines is 1. The van der Waals surface area contributed by atoms with Crippen molar-refractivity contribution in [2.24, 2.45) is 5.92 Å². The van der Waals surface area contributed by atoms with Gasteiger partial charge in [-0.1, -0.05) is 0 Å². The van der Waals surface area contributed by atoms with Crippen molar-refractivity contribution in [3.63, 3.8) is 0 Å². The van der Waals surface area contributed by atoms with E-state index in [2.05, 4.69) is 5.32 Å². The molecule has 2 unspecified atom stereocenters. The van der Waals surface area contributed by atoms with E-state index in [0.29, 0.717) is 24.5 Å². The van der Waals surface area contributed by atoms with Crippen LogP contribution < -0.4 is 31.5 Å². The van der Waals surface area contributed by atoms with Crippen LogP contribution in [-0.2, 0) is 15.9 Å². The van der Waals surface area contributed by atoms with Crippen LogP contribution in [0.1, 0.15) is 47.8 Å². The molecule has 15 nitrogen and oxygen atoms in total. The van der Waals surface area contributed by atoms with Gasteiger partial charge in [-0.25, -0.2) is 4.39 Å². The molecule has 2 aromatic carbocycles. The average molecular weight is 736 g/mol. The van der Waals surface area contributed by atoms with E-state index in [4.69, 9.17) is 18.3 Å². The molecule has 18 heteroatoms. The summed E-state index contributed by atoms with van der Waals surface area (Å²) in [6, 6.07) is 6.36. The fourth-order valence-electron chi connectivity index (χ4n) is 7.05. The van der Waals surface area contributed by atoms with Crippen LogP contribution in [0.25, 0.3) is 22.2 Å². The molecule has 1 saturated carbocycles. The van der Waals surface area contributed by atoms with E-state index in [1.165, 1.54) is 37.6 Å². The Morgan fingerprint density at radius 2 is 1.86 bits per heavy atom. The number of piperidine rings is 1. The Labute approximate surface area is 283 Å². The van der Waals surface area contributed by atoms with E-state index >= 15 is 4.39 Å². The first-order valence-corrected chi connectivity index (χ1v) is 20.0. The summed E-state index contributed by atoms with van der Waals surface area (Å²) >= 11 is 0. The number of carbonyl (C=O) groups is 1. The molecule has 0 amide bonds. The SMILES string of the molecule is COc1c(N2CC3CCCNC3C2)c(F)cc2c(=O)c(C(=O)OCc3oc(=O)oc3-c3ccc([PH](O)(O)CP(=O)(O)O)cc3)cn(C3CC3)c12. The number of carbonyl (C=O) groups excluding carboxylic acids is 1. The van der Waals surface area contributed by atoms with Crippen molar-refractivity contribution in [1.29, 1.82) is 0 Å². The fraction of sp³-hybridized carbons (Fsp3) is 0.406. The summed E-state index contributed by atoms with van der Waals surface area (Å²) in [6.45, 7) is 1.52. The van der Waals surface area contributed by atoms with Gasteiger partial charge in [0.1, 0.15) is 5.69 Å².